The van der Waals surface area contributed by atoms with E-state index in [9.17, 15) is 5.11 Å². The minimum atomic E-state index is -0.652. The number of rotatable bonds is 5. The van der Waals surface area contributed by atoms with Crippen molar-refractivity contribution in [2.24, 2.45) is 4.99 Å². The number of benzene rings is 1. The minimum Gasteiger partial charge on any atom is -0.387 e. The lowest BCUT2D eigenvalue weighted by atomic mass is 10.1. The van der Waals surface area contributed by atoms with Crippen LogP contribution in [0.4, 0.5) is 0 Å². The Labute approximate surface area is 145 Å². The van der Waals surface area contributed by atoms with Crippen molar-refractivity contribution in [2.75, 3.05) is 20.6 Å². The molecule has 1 aromatic carbocycles. The molecular formula is C16H21ClN4OS. The Balaban J connectivity index is 1.91. The number of aliphatic hydroxyl groups excluding tert-OH is 1. The topological polar surface area (TPSA) is 60.8 Å². The normalized spacial score (nSPS) is 13.0. The van der Waals surface area contributed by atoms with Crippen LogP contribution in [-0.2, 0) is 6.54 Å². The van der Waals surface area contributed by atoms with Crippen molar-refractivity contribution >= 4 is 28.9 Å². The summed E-state index contributed by atoms with van der Waals surface area (Å²) in [5, 5.41) is 17.1. The first kappa shape index (κ1) is 17.7. The molecule has 2 rings (SSSR count). The number of halogens is 1. The number of hydrogen-bond acceptors (Lipinski definition) is 4. The number of aryl methyl sites for hydroxylation is 1. The number of nitrogens with zero attached hydrogens (tertiary/aromatic N) is 3. The molecule has 7 heteroatoms. The fourth-order valence-corrected chi connectivity index (χ4v) is 3.01. The first-order valence-corrected chi connectivity index (χ1v) is 8.51. The Hall–Kier alpha value is -1.63. The van der Waals surface area contributed by atoms with Gasteiger partial charge in [0, 0.05) is 31.0 Å². The summed E-state index contributed by atoms with van der Waals surface area (Å²) in [5.41, 5.74) is 1.78. The van der Waals surface area contributed by atoms with Crippen molar-refractivity contribution in [1.82, 2.24) is 15.2 Å². The van der Waals surface area contributed by atoms with E-state index in [0.29, 0.717) is 24.1 Å². The molecule has 23 heavy (non-hydrogen) atoms. The fourth-order valence-electron chi connectivity index (χ4n) is 2.20. The molecule has 1 unspecified atom stereocenters. The van der Waals surface area contributed by atoms with E-state index in [1.807, 2.05) is 36.4 Å². The van der Waals surface area contributed by atoms with Gasteiger partial charge in [-0.2, -0.15) is 0 Å². The smallest absolute Gasteiger partial charge is 0.193 e. The summed E-state index contributed by atoms with van der Waals surface area (Å²) in [5.74, 6) is 0.705. The van der Waals surface area contributed by atoms with Gasteiger partial charge in [0.15, 0.2) is 5.96 Å². The van der Waals surface area contributed by atoms with Gasteiger partial charge in [0.05, 0.1) is 23.4 Å². The molecular weight excluding hydrogens is 332 g/mol. The molecule has 0 bridgehead atoms. The Kier molecular flexibility index (Phi) is 6.38. The molecule has 1 aromatic heterocycles. The first-order chi connectivity index (χ1) is 11.0. The Morgan fingerprint density at radius 3 is 2.91 bits per heavy atom. The van der Waals surface area contributed by atoms with E-state index >= 15 is 0 Å². The average Bonchev–Trinajstić information content (AvgIpc) is 2.92. The molecule has 0 aliphatic carbocycles. The van der Waals surface area contributed by atoms with Crippen LogP contribution in [-0.4, -0.2) is 41.6 Å². The van der Waals surface area contributed by atoms with E-state index in [1.165, 1.54) is 0 Å². The molecule has 124 valence electrons. The monoisotopic (exact) mass is 352 g/mol. The highest BCUT2D eigenvalue weighted by Gasteiger charge is 2.12. The van der Waals surface area contributed by atoms with Gasteiger partial charge in [0.25, 0.3) is 0 Å². The maximum absolute atomic E-state index is 10.3. The fraction of sp³-hybridized carbons (Fsp3) is 0.375. The van der Waals surface area contributed by atoms with Gasteiger partial charge in [-0.3, -0.25) is 4.99 Å². The summed E-state index contributed by atoms with van der Waals surface area (Å²) in [6.07, 6.45) is -0.652. The van der Waals surface area contributed by atoms with E-state index in [2.05, 4.69) is 15.3 Å². The standard InChI is InChI=1S/C16H21ClN4OS/c1-11-20-14(10-23-11)9-21(3)16(18-2)19-8-15(22)12-5-4-6-13(17)7-12/h4-7,10,15,22H,8-9H2,1-3H3,(H,18,19). The molecule has 0 amide bonds. The average molecular weight is 353 g/mol. The molecule has 0 spiro atoms. The van der Waals surface area contributed by atoms with Crippen LogP contribution in [0.15, 0.2) is 34.6 Å². The van der Waals surface area contributed by atoms with Gasteiger partial charge in [0.2, 0.25) is 0 Å². The summed E-state index contributed by atoms with van der Waals surface area (Å²) >= 11 is 7.58. The molecule has 1 atom stereocenters. The lowest BCUT2D eigenvalue weighted by Gasteiger charge is -2.22. The van der Waals surface area contributed by atoms with Crippen molar-refractivity contribution in [1.29, 1.82) is 0 Å². The van der Waals surface area contributed by atoms with Gasteiger partial charge in [0.1, 0.15) is 0 Å². The predicted molar refractivity (Wildman–Crippen MR) is 96.1 cm³/mol. The highest BCUT2D eigenvalue weighted by Crippen LogP contribution is 2.17. The van der Waals surface area contributed by atoms with Gasteiger partial charge in [-0.05, 0) is 24.6 Å². The van der Waals surface area contributed by atoms with E-state index in [-0.39, 0.29) is 0 Å². The number of aliphatic imine (C=N–C) groups is 1. The minimum absolute atomic E-state index is 0.355. The number of hydrogen-bond donors (Lipinski definition) is 2. The third kappa shape index (κ3) is 5.20. The quantitative estimate of drug-likeness (QED) is 0.641. The van der Waals surface area contributed by atoms with E-state index in [1.54, 1.807) is 30.5 Å². The van der Waals surface area contributed by atoms with Gasteiger partial charge in [-0.1, -0.05) is 23.7 Å². The number of aromatic nitrogens is 1. The number of nitrogens with one attached hydrogen (secondary N) is 1. The summed E-state index contributed by atoms with van der Waals surface area (Å²) in [4.78, 5) is 10.7. The summed E-state index contributed by atoms with van der Waals surface area (Å²) in [7, 11) is 3.66. The second-order valence-electron chi connectivity index (χ2n) is 5.21. The molecule has 0 aliphatic heterocycles. The van der Waals surface area contributed by atoms with Crippen molar-refractivity contribution in [3.8, 4) is 0 Å². The molecule has 2 N–H and O–H groups in total. The van der Waals surface area contributed by atoms with Crippen molar-refractivity contribution in [3.63, 3.8) is 0 Å². The van der Waals surface area contributed by atoms with Crippen LogP contribution in [0.5, 0.6) is 0 Å². The van der Waals surface area contributed by atoms with E-state index < -0.39 is 6.10 Å². The van der Waals surface area contributed by atoms with Gasteiger partial charge in [-0.15, -0.1) is 11.3 Å². The summed E-state index contributed by atoms with van der Waals surface area (Å²) < 4.78 is 0. The first-order valence-electron chi connectivity index (χ1n) is 7.26. The Bertz CT molecular complexity index is 674. The highest BCUT2D eigenvalue weighted by molar-refractivity contribution is 7.09. The van der Waals surface area contributed by atoms with E-state index in [0.717, 1.165) is 16.3 Å². The molecule has 1 heterocycles. The van der Waals surface area contributed by atoms with Gasteiger partial charge in [-0.25, -0.2) is 4.98 Å². The number of thiazole rings is 1. The molecule has 0 saturated heterocycles. The van der Waals surface area contributed by atoms with Crippen molar-refractivity contribution in [3.05, 3.63) is 50.9 Å². The second-order valence-corrected chi connectivity index (χ2v) is 6.71. The third-order valence-corrected chi connectivity index (χ3v) is 4.38. The maximum atomic E-state index is 10.3. The summed E-state index contributed by atoms with van der Waals surface area (Å²) in [6.45, 7) is 3.01. The SMILES string of the molecule is CN=C(NCC(O)c1cccc(Cl)c1)N(C)Cc1csc(C)n1. The van der Waals surface area contributed by atoms with Crippen molar-refractivity contribution in [2.45, 2.75) is 19.6 Å². The van der Waals surface area contributed by atoms with Crippen LogP contribution in [0.1, 0.15) is 22.4 Å². The molecule has 0 aliphatic rings. The molecule has 0 radical (unpaired) electrons. The number of aliphatic hydroxyl groups is 1. The maximum Gasteiger partial charge on any atom is 0.193 e. The van der Waals surface area contributed by atoms with Crippen LogP contribution in [0.2, 0.25) is 5.02 Å². The predicted octanol–water partition coefficient (Wildman–Crippen LogP) is 2.85. The van der Waals surface area contributed by atoms with Crippen LogP contribution in [0.3, 0.4) is 0 Å². The Morgan fingerprint density at radius 1 is 1.52 bits per heavy atom. The molecule has 0 saturated carbocycles. The van der Waals surface area contributed by atoms with Crippen LogP contribution >= 0.6 is 22.9 Å². The third-order valence-electron chi connectivity index (χ3n) is 3.33. The molecule has 0 fully saturated rings. The lowest BCUT2D eigenvalue weighted by Crippen LogP contribution is -2.40. The molecule has 2 aromatic rings. The highest BCUT2D eigenvalue weighted by atomic mass is 35.5. The van der Waals surface area contributed by atoms with Crippen LogP contribution < -0.4 is 5.32 Å². The zero-order chi connectivity index (χ0) is 16.8. The Morgan fingerprint density at radius 2 is 2.30 bits per heavy atom. The summed E-state index contributed by atoms with van der Waals surface area (Å²) in [6, 6.07) is 7.22. The lowest BCUT2D eigenvalue weighted by molar-refractivity contribution is 0.179. The van der Waals surface area contributed by atoms with Crippen LogP contribution in [0.25, 0.3) is 0 Å². The van der Waals surface area contributed by atoms with Gasteiger partial charge >= 0.3 is 0 Å². The second kappa shape index (κ2) is 8.29. The zero-order valence-electron chi connectivity index (χ0n) is 13.5. The van der Waals surface area contributed by atoms with Crippen molar-refractivity contribution < 1.29 is 5.11 Å². The zero-order valence-corrected chi connectivity index (χ0v) is 15.0. The largest absolute Gasteiger partial charge is 0.387 e. The number of guanidine groups is 1. The molecule has 5 nitrogen and oxygen atoms in total. The van der Waals surface area contributed by atoms with Crippen LogP contribution in [0, 0.1) is 6.92 Å². The van der Waals surface area contributed by atoms with E-state index in [4.69, 9.17) is 11.6 Å². The van der Waals surface area contributed by atoms with Gasteiger partial charge < -0.3 is 15.3 Å².